The van der Waals surface area contributed by atoms with E-state index in [1.54, 1.807) is 24.3 Å². The molecule has 2 atom stereocenters. The number of carboxylic acid groups (broad SMARTS) is 2. The minimum absolute atomic E-state index is 0. The van der Waals surface area contributed by atoms with Gasteiger partial charge in [0.15, 0.2) is 12.6 Å². The Morgan fingerprint density at radius 1 is 0.562 bits per heavy atom. The third-order valence-electron chi connectivity index (χ3n) is 10.2. The molecule has 6 N–H and O–H groups in total. The van der Waals surface area contributed by atoms with Gasteiger partial charge in [-0.25, -0.2) is 9.59 Å². The van der Waals surface area contributed by atoms with Crippen LogP contribution in [0.25, 0.3) is 0 Å². The highest BCUT2D eigenvalue weighted by Gasteiger charge is 2.27. The molecule has 3 fully saturated rings. The van der Waals surface area contributed by atoms with Gasteiger partial charge >= 0.3 is 19.1 Å². The Balaban J connectivity index is 0.000000956. The fourth-order valence-electron chi connectivity index (χ4n) is 6.40. The second-order valence-corrected chi connectivity index (χ2v) is 34.0. The minimum Gasteiger partial charge on any atom is -0.478 e. The van der Waals surface area contributed by atoms with Gasteiger partial charge in [-0.3, -0.25) is 0 Å². The van der Waals surface area contributed by atoms with Gasteiger partial charge in [0.05, 0.1) is 50.8 Å². The van der Waals surface area contributed by atoms with Crippen molar-refractivity contribution in [1.82, 2.24) is 0 Å². The first-order valence-electron chi connectivity index (χ1n) is 23.0. The highest BCUT2D eigenvalue weighted by atomic mass is 79.9. The monoisotopic (exact) mass is 1580 g/mol. The van der Waals surface area contributed by atoms with E-state index < -0.39 is 19.1 Å². The molecule has 0 bridgehead atoms. The Bertz CT molecular complexity index is 2820. The molecule has 0 aliphatic carbocycles. The first-order valence-corrected chi connectivity index (χ1v) is 41.4. The summed E-state index contributed by atoms with van der Waals surface area (Å²) in [4.78, 5) is 21.0. The summed E-state index contributed by atoms with van der Waals surface area (Å²) in [5, 5.41) is 52.9. The number of aliphatic hydroxyl groups is 3. The Morgan fingerprint density at radius 2 is 1.06 bits per heavy atom. The second kappa shape index (κ2) is 52.4. The van der Waals surface area contributed by atoms with Crippen molar-refractivity contribution in [2.24, 2.45) is 0 Å². The van der Waals surface area contributed by atoms with E-state index in [-0.39, 0.29) is 55.4 Å². The van der Waals surface area contributed by atoms with Gasteiger partial charge < -0.3 is 58.9 Å². The molecule has 33 heteroatoms. The average Bonchev–Trinajstić information content (AvgIpc) is 4.19. The molecule has 0 radical (unpaired) electrons. The van der Waals surface area contributed by atoms with Crippen molar-refractivity contribution in [1.29, 1.82) is 0 Å². The molecule has 0 spiro atoms. The molecule has 4 aromatic carbocycles. The van der Waals surface area contributed by atoms with Crippen LogP contribution in [0.4, 0.5) is 0 Å². The van der Waals surface area contributed by atoms with Crippen LogP contribution in [0.5, 0.6) is 0 Å². The van der Waals surface area contributed by atoms with E-state index in [0.717, 1.165) is 99.9 Å². The summed E-state index contributed by atoms with van der Waals surface area (Å²) in [7, 11) is 11.1. The number of carboxylic acids is 2. The molecular formula is C47H60BBr3O14S15. The second-order valence-electron chi connectivity index (χ2n) is 15.5. The van der Waals surface area contributed by atoms with E-state index in [0.29, 0.717) is 19.8 Å². The van der Waals surface area contributed by atoms with E-state index in [4.69, 9.17) is 53.9 Å². The summed E-state index contributed by atoms with van der Waals surface area (Å²) in [6.45, 7) is 5.28. The number of hydrogen-bond acceptors (Lipinski definition) is 18. The molecule has 80 heavy (non-hydrogen) atoms. The standard InChI is InChI=1S/C18H25BrO4.C8H9BO3.C8H5BrO4.C8H9BrO2.C4H8O.CH4.S6.S5.S4/c19-16-11-14(12-22-17-5-1-3-9-20-17)7-8-15(16)13-23-18-6-2-4-10-21-18;10-4-6-1-2-7-5-12-9(11)8(7)3-6;9-6-3-4(7(10)11)1-2-5(6)8(12)13;9-8-3-6(4-10)1-2-7(8)5-11;1-2-4-5-3-1;;1-3-5-6-4-2;1-3-5-4-2;1-3-4-2/h7-8,11,17-18H,1-6,9-10,12-13H2;1-3,10-11H,4-5H2;1-3H,(H,10,11)(H,12,13);1-3,10-11H,4-5H2;1-4H2;1H4;;;. The third kappa shape index (κ3) is 37.0. The molecule has 446 valence electrons. The smallest absolute Gasteiger partial charge is 0.478 e. The Morgan fingerprint density at radius 3 is 1.49 bits per heavy atom. The normalized spacial score (nSPS) is 15.1. The molecule has 0 amide bonds. The summed E-state index contributed by atoms with van der Waals surface area (Å²) >= 11 is 36.5. The average molecular weight is 1580 g/mol. The van der Waals surface area contributed by atoms with Gasteiger partial charge in [-0.05, 0) is 136 Å². The minimum atomic E-state index is -1.09. The van der Waals surface area contributed by atoms with Gasteiger partial charge in [-0.2, -0.15) is 0 Å². The van der Waals surface area contributed by atoms with Crippen LogP contribution in [-0.2, 0) is 215 Å². The highest BCUT2D eigenvalue weighted by molar-refractivity contribution is 9.11. The third-order valence-corrected chi connectivity index (χ3v) is 25.7. The number of carbonyl (C=O) groups is 2. The van der Waals surface area contributed by atoms with Crippen LogP contribution in [-0.4, -0.2) is 88.6 Å². The maximum Gasteiger partial charge on any atom is 0.491 e. The van der Waals surface area contributed by atoms with Crippen molar-refractivity contribution < 1.29 is 68.5 Å². The molecule has 4 aliphatic rings. The van der Waals surface area contributed by atoms with Gasteiger partial charge in [-0.15, -0.1) is 0 Å². The zero-order chi connectivity index (χ0) is 58.6. The summed E-state index contributed by atoms with van der Waals surface area (Å²) in [6, 6.07) is 20.9. The number of fused-ring (bicyclic) bond motifs is 1. The van der Waals surface area contributed by atoms with Crippen LogP contribution in [0.1, 0.15) is 113 Å². The number of ether oxygens (including phenoxy) is 5. The fourth-order valence-corrected chi connectivity index (χ4v) is 16.3. The van der Waals surface area contributed by atoms with Gasteiger partial charge in [0.2, 0.25) is 0 Å². The predicted octanol–water partition coefficient (Wildman–Crippen LogP) is 8.61. The number of aromatic carboxylic acids is 2. The molecule has 3 saturated heterocycles. The molecular weight excluding hydrogens is 1520 g/mol. The topological polar surface area (TPSA) is 211 Å². The number of benzene rings is 4. The van der Waals surface area contributed by atoms with Crippen molar-refractivity contribution in [2.45, 2.75) is 111 Å². The Kier molecular flexibility index (Phi) is 52.5. The van der Waals surface area contributed by atoms with Crippen molar-refractivity contribution in [2.75, 3.05) is 26.4 Å². The summed E-state index contributed by atoms with van der Waals surface area (Å²) in [5.41, 5.74) is 6.64. The largest absolute Gasteiger partial charge is 0.491 e. The summed E-state index contributed by atoms with van der Waals surface area (Å²) in [6.07, 6.45) is 9.10. The number of halogens is 3. The first-order chi connectivity index (χ1) is 38.2. The zero-order valence-electron chi connectivity index (χ0n) is 41.6. The quantitative estimate of drug-likeness (QED) is 0.0777. The molecule has 4 aliphatic heterocycles. The van der Waals surface area contributed by atoms with E-state index in [2.05, 4.69) is 133 Å². The van der Waals surface area contributed by atoms with Gasteiger partial charge in [0.1, 0.15) is 0 Å². The van der Waals surface area contributed by atoms with Crippen molar-refractivity contribution in [3.05, 3.63) is 131 Å². The Hall–Kier alpha value is 0.225. The van der Waals surface area contributed by atoms with Crippen LogP contribution in [0.15, 0.2) is 86.2 Å². The Labute approximate surface area is 549 Å². The van der Waals surface area contributed by atoms with E-state index in [1.165, 1.54) is 124 Å². The number of rotatable bonds is 11. The fraction of sp³-hybridized carbons (Fsp3) is 0.447. The van der Waals surface area contributed by atoms with Gasteiger partial charge in [0, 0.05) is 187 Å². The maximum absolute atomic E-state index is 10.5. The van der Waals surface area contributed by atoms with Crippen molar-refractivity contribution in [3.63, 3.8) is 0 Å². The van der Waals surface area contributed by atoms with E-state index >= 15 is 0 Å². The lowest BCUT2D eigenvalue weighted by Gasteiger charge is -2.23. The lowest BCUT2D eigenvalue weighted by Crippen LogP contribution is -2.28. The van der Waals surface area contributed by atoms with Crippen molar-refractivity contribution in [3.8, 4) is 0 Å². The van der Waals surface area contributed by atoms with Crippen LogP contribution in [0.2, 0.25) is 0 Å². The number of aliphatic hydroxyl groups excluding tert-OH is 3. The first kappa shape index (κ1) is 80.2. The van der Waals surface area contributed by atoms with Gasteiger partial charge in [0.25, 0.3) is 0 Å². The molecule has 14 nitrogen and oxygen atoms in total. The van der Waals surface area contributed by atoms with Crippen LogP contribution in [0, 0.1) is 0 Å². The zero-order valence-corrected chi connectivity index (χ0v) is 58.6. The predicted molar refractivity (Wildman–Crippen MR) is 367 cm³/mol. The SMILES string of the molecule is Brc1cc(COC2CCCCO2)ccc1COC1CCCCO1.C.C1CCOC1.O=C(O)c1ccc(C(=O)O)c(Br)c1.OCc1ccc(CO)c(Br)c1.OCc1ccc2c(c1)B(O)OC2.S=S=S=S.S=S=S=S=S.S=S=S=S=S=S. The van der Waals surface area contributed by atoms with E-state index in [1.807, 2.05) is 12.1 Å². The van der Waals surface area contributed by atoms with E-state index in [9.17, 15) is 14.6 Å². The molecule has 8 rings (SSSR count). The highest BCUT2D eigenvalue weighted by Crippen LogP contribution is 2.24. The molecule has 0 aromatic heterocycles. The lowest BCUT2D eigenvalue weighted by atomic mass is 9.79. The number of hydrogen-bond donors (Lipinski definition) is 6. The van der Waals surface area contributed by atoms with Crippen LogP contribution in [0.3, 0.4) is 0 Å². The molecule has 2 unspecified atom stereocenters. The van der Waals surface area contributed by atoms with Gasteiger partial charge in [-0.1, -0.05) is 81.8 Å². The summed E-state index contributed by atoms with van der Waals surface area (Å²) in [5.74, 6) is -2.18. The summed E-state index contributed by atoms with van der Waals surface area (Å²) < 4.78 is 35.0. The molecule has 4 aromatic rings. The van der Waals surface area contributed by atoms with Crippen LogP contribution < -0.4 is 5.46 Å². The van der Waals surface area contributed by atoms with Crippen molar-refractivity contribution >= 4 is 219 Å². The van der Waals surface area contributed by atoms with Crippen LogP contribution >= 0.6 is 47.8 Å². The lowest BCUT2D eigenvalue weighted by molar-refractivity contribution is -0.169. The maximum atomic E-state index is 10.5. The molecule has 0 saturated carbocycles. The molecule has 4 heterocycles.